The minimum absolute atomic E-state index is 0.0457. The summed E-state index contributed by atoms with van der Waals surface area (Å²) in [6.07, 6.45) is 1.04. The van der Waals surface area contributed by atoms with Gasteiger partial charge in [0.05, 0.1) is 19.3 Å². The Kier molecular flexibility index (Phi) is 4.74. The normalized spacial score (nSPS) is 21.6. The molecule has 0 aromatic heterocycles. The molecule has 0 radical (unpaired) electrons. The number of ether oxygens (including phenoxy) is 1. The number of carboxylic acids is 1. The van der Waals surface area contributed by atoms with E-state index in [0.717, 1.165) is 5.56 Å². The lowest BCUT2D eigenvalue weighted by Crippen LogP contribution is -2.44. The van der Waals surface area contributed by atoms with Gasteiger partial charge in [-0.15, -0.1) is 0 Å². The van der Waals surface area contributed by atoms with Crippen molar-refractivity contribution in [2.24, 2.45) is 5.92 Å². The fourth-order valence-electron chi connectivity index (χ4n) is 2.42. The monoisotopic (exact) mass is 277 g/mol. The number of nitrogens with zero attached hydrogens (tertiary/aromatic N) is 1. The van der Waals surface area contributed by atoms with E-state index in [2.05, 4.69) is 0 Å². The smallest absolute Gasteiger partial charge is 0.311 e. The Bertz CT molecular complexity index is 474. The van der Waals surface area contributed by atoms with Crippen molar-refractivity contribution in [3.8, 4) is 0 Å². The van der Waals surface area contributed by atoms with Gasteiger partial charge in [-0.1, -0.05) is 30.3 Å². The second kappa shape index (κ2) is 6.52. The van der Waals surface area contributed by atoms with E-state index in [9.17, 15) is 9.59 Å². The third-order valence-corrected chi connectivity index (χ3v) is 3.73. The Morgan fingerprint density at radius 3 is 2.65 bits per heavy atom. The fraction of sp³-hybridized carbons (Fsp3) is 0.467. The van der Waals surface area contributed by atoms with Crippen molar-refractivity contribution in [3.63, 3.8) is 0 Å². The van der Waals surface area contributed by atoms with Crippen molar-refractivity contribution < 1.29 is 19.4 Å². The summed E-state index contributed by atoms with van der Waals surface area (Å²) < 4.78 is 5.19. The number of aryl methyl sites for hydroxylation is 1. The largest absolute Gasteiger partial charge is 0.481 e. The molecule has 1 aliphatic rings. The Morgan fingerprint density at radius 2 is 2.00 bits per heavy atom. The number of hydrogen-bond donors (Lipinski definition) is 1. The third kappa shape index (κ3) is 3.36. The number of hydrogen-bond acceptors (Lipinski definition) is 3. The molecule has 20 heavy (non-hydrogen) atoms. The van der Waals surface area contributed by atoms with Crippen LogP contribution in [-0.4, -0.2) is 48.2 Å². The molecule has 0 spiro atoms. The van der Waals surface area contributed by atoms with E-state index in [0.29, 0.717) is 19.4 Å². The second-order valence-corrected chi connectivity index (χ2v) is 5.04. The standard InChI is InChI=1S/C15H19NO4/c1-16(13-10-20-9-12(13)15(18)19)14(17)8-7-11-5-3-2-4-6-11/h2-6,12-13H,7-10H2,1H3,(H,18,19). The van der Waals surface area contributed by atoms with Gasteiger partial charge in [-0.3, -0.25) is 9.59 Å². The van der Waals surface area contributed by atoms with Crippen molar-refractivity contribution in [1.29, 1.82) is 0 Å². The molecule has 2 rings (SSSR count). The number of likely N-dealkylation sites (N-methyl/N-ethyl adjacent to an activating group) is 1. The molecule has 0 bridgehead atoms. The van der Waals surface area contributed by atoms with Crippen LogP contribution >= 0.6 is 0 Å². The highest BCUT2D eigenvalue weighted by molar-refractivity contribution is 5.78. The molecule has 1 fully saturated rings. The summed E-state index contributed by atoms with van der Waals surface area (Å²) in [6, 6.07) is 9.41. The summed E-state index contributed by atoms with van der Waals surface area (Å²) in [7, 11) is 1.66. The lowest BCUT2D eigenvalue weighted by atomic mass is 10.0. The van der Waals surface area contributed by atoms with Gasteiger partial charge in [0.15, 0.2) is 0 Å². The maximum Gasteiger partial charge on any atom is 0.311 e. The summed E-state index contributed by atoms with van der Waals surface area (Å²) in [5, 5.41) is 9.10. The Balaban J connectivity index is 1.90. The summed E-state index contributed by atoms with van der Waals surface area (Å²) in [5.41, 5.74) is 1.10. The third-order valence-electron chi connectivity index (χ3n) is 3.73. The lowest BCUT2D eigenvalue weighted by Gasteiger charge is -2.26. The molecule has 1 aromatic carbocycles. The molecule has 0 saturated carbocycles. The maximum absolute atomic E-state index is 12.1. The molecule has 2 unspecified atom stereocenters. The van der Waals surface area contributed by atoms with Crippen molar-refractivity contribution in [2.75, 3.05) is 20.3 Å². The van der Waals surface area contributed by atoms with E-state index in [-0.39, 0.29) is 18.6 Å². The van der Waals surface area contributed by atoms with E-state index in [4.69, 9.17) is 9.84 Å². The van der Waals surface area contributed by atoms with Gasteiger partial charge in [0.1, 0.15) is 5.92 Å². The van der Waals surface area contributed by atoms with E-state index in [1.165, 1.54) is 4.90 Å². The first-order valence-electron chi connectivity index (χ1n) is 6.69. The Morgan fingerprint density at radius 1 is 1.30 bits per heavy atom. The molecule has 1 aromatic rings. The number of amides is 1. The zero-order valence-electron chi connectivity index (χ0n) is 11.5. The fourth-order valence-corrected chi connectivity index (χ4v) is 2.42. The molecule has 1 saturated heterocycles. The van der Waals surface area contributed by atoms with Gasteiger partial charge in [-0.2, -0.15) is 0 Å². The highest BCUT2D eigenvalue weighted by atomic mass is 16.5. The second-order valence-electron chi connectivity index (χ2n) is 5.04. The number of rotatable bonds is 5. The number of carbonyl (C=O) groups is 2. The number of benzene rings is 1. The molecule has 1 N–H and O–H groups in total. The molecule has 1 heterocycles. The Hall–Kier alpha value is -1.88. The van der Waals surface area contributed by atoms with Crippen LogP contribution in [0.15, 0.2) is 30.3 Å². The highest BCUT2D eigenvalue weighted by Crippen LogP contribution is 2.20. The van der Waals surface area contributed by atoms with Crippen LogP contribution in [0, 0.1) is 5.92 Å². The van der Waals surface area contributed by atoms with Gasteiger partial charge in [0.25, 0.3) is 0 Å². The zero-order valence-corrected chi connectivity index (χ0v) is 11.5. The van der Waals surface area contributed by atoms with Crippen molar-refractivity contribution in [2.45, 2.75) is 18.9 Å². The van der Waals surface area contributed by atoms with Crippen LogP contribution in [0.2, 0.25) is 0 Å². The molecule has 0 aliphatic carbocycles. The molecule has 5 nitrogen and oxygen atoms in total. The first-order chi connectivity index (χ1) is 9.59. The topological polar surface area (TPSA) is 66.8 Å². The summed E-state index contributed by atoms with van der Waals surface area (Å²) in [5.74, 6) is -1.58. The quantitative estimate of drug-likeness (QED) is 0.877. The van der Waals surface area contributed by atoms with Crippen LogP contribution in [-0.2, 0) is 20.7 Å². The molecule has 1 amide bonds. The van der Waals surface area contributed by atoms with Gasteiger partial charge < -0.3 is 14.7 Å². The molecule has 1 aliphatic heterocycles. The highest BCUT2D eigenvalue weighted by Gasteiger charge is 2.38. The summed E-state index contributed by atoms with van der Waals surface area (Å²) in [4.78, 5) is 24.8. The maximum atomic E-state index is 12.1. The number of carboxylic acid groups (broad SMARTS) is 1. The van der Waals surface area contributed by atoms with Crippen molar-refractivity contribution in [3.05, 3.63) is 35.9 Å². The first kappa shape index (κ1) is 14.5. The lowest BCUT2D eigenvalue weighted by molar-refractivity contribution is -0.144. The number of carbonyl (C=O) groups excluding carboxylic acids is 1. The van der Waals surface area contributed by atoms with Crippen LogP contribution < -0.4 is 0 Å². The van der Waals surface area contributed by atoms with E-state index in [1.807, 2.05) is 30.3 Å². The predicted octanol–water partition coefficient (Wildman–Crippen LogP) is 1.18. The molecule has 5 heteroatoms. The van der Waals surface area contributed by atoms with Crippen LogP contribution in [0.25, 0.3) is 0 Å². The van der Waals surface area contributed by atoms with E-state index < -0.39 is 11.9 Å². The van der Waals surface area contributed by atoms with Gasteiger partial charge in [-0.05, 0) is 12.0 Å². The van der Waals surface area contributed by atoms with E-state index >= 15 is 0 Å². The zero-order chi connectivity index (χ0) is 14.5. The van der Waals surface area contributed by atoms with Gasteiger partial charge >= 0.3 is 5.97 Å². The van der Waals surface area contributed by atoms with Crippen molar-refractivity contribution >= 4 is 11.9 Å². The minimum atomic E-state index is -0.907. The molecular weight excluding hydrogens is 258 g/mol. The average molecular weight is 277 g/mol. The Labute approximate surface area is 118 Å². The van der Waals surface area contributed by atoms with Crippen LogP contribution in [0.1, 0.15) is 12.0 Å². The van der Waals surface area contributed by atoms with Crippen LogP contribution in [0.4, 0.5) is 0 Å². The van der Waals surface area contributed by atoms with Gasteiger partial charge in [-0.25, -0.2) is 0 Å². The molecule has 108 valence electrons. The molecule has 2 atom stereocenters. The summed E-state index contributed by atoms with van der Waals surface area (Å²) >= 11 is 0. The van der Waals surface area contributed by atoms with Crippen LogP contribution in [0.5, 0.6) is 0 Å². The van der Waals surface area contributed by atoms with E-state index in [1.54, 1.807) is 7.05 Å². The average Bonchev–Trinajstić information content (AvgIpc) is 2.94. The number of aliphatic carboxylic acids is 1. The molecular formula is C15H19NO4. The van der Waals surface area contributed by atoms with Crippen molar-refractivity contribution in [1.82, 2.24) is 4.90 Å². The van der Waals surface area contributed by atoms with Gasteiger partial charge in [0.2, 0.25) is 5.91 Å². The van der Waals surface area contributed by atoms with Crippen LogP contribution in [0.3, 0.4) is 0 Å². The minimum Gasteiger partial charge on any atom is -0.481 e. The van der Waals surface area contributed by atoms with Gasteiger partial charge in [0, 0.05) is 13.5 Å². The first-order valence-corrected chi connectivity index (χ1v) is 6.69. The SMILES string of the molecule is CN(C(=O)CCc1ccccc1)C1COCC1C(=O)O. The predicted molar refractivity (Wildman–Crippen MR) is 73.3 cm³/mol. The summed E-state index contributed by atoms with van der Waals surface area (Å²) in [6.45, 7) is 0.473.